The summed E-state index contributed by atoms with van der Waals surface area (Å²) >= 11 is 0. The zero-order chi connectivity index (χ0) is 13.0. The van der Waals surface area contributed by atoms with Gasteiger partial charge in [0, 0.05) is 18.4 Å². The lowest BCUT2D eigenvalue weighted by Crippen LogP contribution is -2.38. The molecule has 1 unspecified atom stereocenters. The number of methoxy groups -OCH3 is 1. The lowest BCUT2D eigenvalue weighted by Gasteiger charge is -2.14. The molecular formula is C12H17N3O3. The van der Waals surface area contributed by atoms with E-state index in [1.807, 2.05) is 0 Å². The smallest absolute Gasteiger partial charge is 0.319 e. The van der Waals surface area contributed by atoms with Gasteiger partial charge in [0.1, 0.15) is 5.75 Å². The highest BCUT2D eigenvalue weighted by Gasteiger charge is 2.18. The fourth-order valence-corrected chi connectivity index (χ4v) is 1.80. The number of rotatable bonds is 3. The number of carbonyl (C=O) groups is 1. The summed E-state index contributed by atoms with van der Waals surface area (Å²) in [5.41, 5.74) is 6.81. The summed E-state index contributed by atoms with van der Waals surface area (Å²) < 4.78 is 10.3. The first-order valence-corrected chi connectivity index (χ1v) is 5.78. The van der Waals surface area contributed by atoms with E-state index in [1.54, 1.807) is 18.2 Å². The van der Waals surface area contributed by atoms with E-state index in [0.29, 0.717) is 30.3 Å². The topological polar surface area (TPSA) is 85.6 Å². The zero-order valence-corrected chi connectivity index (χ0v) is 10.2. The van der Waals surface area contributed by atoms with Gasteiger partial charge in [-0.1, -0.05) is 0 Å². The summed E-state index contributed by atoms with van der Waals surface area (Å²) in [6.07, 6.45) is 0.840. The monoisotopic (exact) mass is 251 g/mol. The van der Waals surface area contributed by atoms with Gasteiger partial charge in [-0.25, -0.2) is 4.79 Å². The Hall–Kier alpha value is -1.95. The molecule has 0 spiro atoms. The highest BCUT2D eigenvalue weighted by molar-refractivity contribution is 5.91. The maximum absolute atomic E-state index is 11.8. The van der Waals surface area contributed by atoms with Crippen LogP contribution < -0.4 is 21.1 Å². The van der Waals surface area contributed by atoms with Crippen LogP contribution in [-0.4, -0.2) is 32.4 Å². The molecule has 2 amide bonds. The third kappa shape index (κ3) is 3.04. The third-order valence-corrected chi connectivity index (χ3v) is 2.74. The molecule has 4 N–H and O–H groups in total. The minimum atomic E-state index is -0.270. The Balaban J connectivity index is 1.97. The molecule has 1 fully saturated rings. The maximum atomic E-state index is 11.8. The molecule has 2 rings (SSSR count). The lowest BCUT2D eigenvalue weighted by atomic mass is 10.2. The van der Waals surface area contributed by atoms with Crippen LogP contribution in [-0.2, 0) is 4.74 Å². The SMILES string of the molecule is COc1cc(N)ccc1NC(=O)NC1CCOC1. The second kappa shape index (κ2) is 5.59. The molecule has 98 valence electrons. The van der Waals surface area contributed by atoms with Crippen LogP contribution >= 0.6 is 0 Å². The summed E-state index contributed by atoms with van der Waals surface area (Å²) in [5.74, 6) is 0.535. The predicted molar refractivity (Wildman–Crippen MR) is 68.8 cm³/mol. The number of carbonyl (C=O) groups excluding carboxylic acids is 1. The standard InChI is InChI=1S/C12H17N3O3/c1-17-11-6-8(13)2-3-10(11)15-12(16)14-9-4-5-18-7-9/h2-3,6,9H,4-5,7,13H2,1H3,(H2,14,15,16). The molecule has 1 atom stereocenters. The van der Waals surface area contributed by atoms with Crippen molar-refractivity contribution in [1.82, 2.24) is 5.32 Å². The number of anilines is 2. The molecule has 0 aromatic heterocycles. The van der Waals surface area contributed by atoms with E-state index in [0.717, 1.165) is 6.42 Å². The number of ether oxygens (including phenoxy) is 2. The molecule has 1 aromatic carbocycles. The van der Waals surface area contributed by atoms with Crippen LogP contribution in [0.15, 0.2) is 18.2 Å². The Morgan fingerprint density at radius 3 is 3.06 bits per heavy atom. The van der Waals surface area contributed by atoms with Crippen molar-refractivity contribution < 1.29 is 14.3 Å². The fraction of sp³-hybridized carbons (Fsp3) is 0.417. The normalized spacial score (nSPS) is 18.4. The van der Waals surface area contributed by atoms with Gasteiger partial charge in [0.25, 0.3) is 0 Å². The van der Waals surface area contributed by atoms with Crippen molar-refractivity contribution in [3.8, 4) is 5.75 Å². The first-order chi connectivity index (χ1) is 8.69. The van der Waals surface area contributed by atoms with Crippen molar-refractivity contribution in [3.63, 3.8) is 0 Å². The van der Waals surface area contributed by atoms with Crippen molar-refractivity contribution in [1.29, 1.82) is 0 Å². The lowest BCUT2D eigenvalue weighted by molar-refractivity contribution is 0.189. The number of benzene rings is 1. The molecule has 1 saturated heterocycles. The van der Waals surface area contributed by atoms with Crippen molar-refractivity contribution in [2.24, 2.45) is 0 Å². The molecule has 0 radical (unpaired) electrons. The number of nitrogens with one attached hydrogen (secondary N) is 2. The van der Waals surface area contributed by atoms with Crippen LogP contribution in [0.4, 0.5) is 16.2 Å². The Bertz CT molecular complexity index is 431. The summed E-state index contributed by atoms with van der Waals surface area (Å²) in [7, 11) is 1.53. The van der Waals surface area contributed by atoms with Crippen LogP contribution in [0.1, 0.15) is 6.42 Å². The van der Waals surface area contributed by atoms with Gasteiger partial charge in [-0.15, -0.1) is 0 Å². The van der Waals surface area contributed by atoms with Crippen LogP contribution in [0.25, 0.3) is 0 Å². The number of urea groups is 1. The second-order valence-electron chi connectivity index (χ2n) is 4.12. The molecule has 18 heavy (non-hydrogen) atoms. The Labute approximate surface area is 105 Å². The predicted octanol–water partition coefficient (Wildman–Crippen LogP) is 1.19. The van der Waals surface area contributed by atoms with Gasteiger partial charge in [-0.3, -0.25) is 0 Å². The Morgan fingerprint density at radius 2 is 2.39 bits per heavy atom. The average Bonchev–Trinajstić information content (AvgIpc) is 2.84. The van der Waals surface area contributed by atoms with Gasteiger partial charge in [-0.2, -0.15) is 0 Å². The minimum Gasteiger partial charge on any atom is -0.494 e. The van der Waals surface area contributed by atoms with Crippen molar-refractivity contribution in [2.75, 3.05) is 31.4 Å². The molecule has 6 nitrogen and oxygen atoms in total. The summed E-state index contributed by atoms with van der Waals surface area (Å²) in [6.45, 7) is 1.25. The summed E-state index contributed by atoms with van der Waals surface area (Å²) in [4.78, 5) is 11.8. The second-order valence-corrected chi connectivity index (χ2v) is 4.12. The van der Waals surface area contributed by atoms with Gasteiger partial charge in [0.15, 0.2) is 0 Å². The van der Waals surface area contributed by atoms with Crippen molar-refractivity contribution in [2.45, 2.75) is 12.5 Å². The summed E-state index contributed by atoms with van der Waals surface area (Å²) in [5, 5.41) is 5.56. The zero-order valence-electron chi connectivity index (χ0n) is 10.2. The molecule has 0 bridgehead atoms. The Kier molecular flexibility index (Phi) is 3.88. The first kappa shape index (κ1) is 12.5. The largest absolute Gasteiger partial charge is 0.494 e. The Morgan fingerprint density at radius 1 is 1.56 bits per heavy atom. The number of hydrogen-bond donors (Lipinski definition) is 3. The van der Waals surface area contributed by atoms with E-state index in [4.69, 9.17) is 15.2 Å². The quantitative estimate of drug-likeness (QED) is 0.704. The third-order valence-electron chi connectivity index (χ3n) is 2.74. The van der Waals surface area contributed by atoms with E-state index in [9.17, 15) is 4.79 Å². The number of nitrogens with two attached hydrogens (primary N) is 1. The van der Waals surface area contributed by atoms with Crippen LogP contribution in [0, 0.1) is 0 Å². The minimum absolute atomic E-state index is 0.0739. The number of nitrogen functional groups attached to an aromatic ring is 1. The molecule has 1 heterocycles. The van der Waals surface area contributed by atoms with Crippen LogP contribution in [0.2, 0.25) is 0 Å². The highest BCUT2D eigenvalue weighted by atomic mass is 16.5. The van der Waals surface area contributed by atoms with Gasteiger partial charge in [0.05, 0.1) is 25.4 Å². The number of hydrogen-bond acceptors (Lipinski definition) is 4. The highest BCUT2D eigenvalue weighted by Crippen LogP contribution is 2.26. The van der Waals surface area contributed by atoms with Gasteiger partial charge >= 0.3 is 6.03 Å². The van der Waals surface area contributed by atoms with Crippen LogP contribution in [0.3, 0.4) is 0 Å². The van der Waals surface area contributed by atoms with Gasteiger partial charge in [0.2, 0.25) is 0 Å². The van der Waals surface area contributed by atoms with E-state index in [1.165, 1.54) is 7.11 Å². The van der Waals surface area contributed by atoms with Crippen molar-refractivity contribution >= 4 is 17.4 Å². The number of amides is 2. The maximum Gasteiger partial charge on any atom is 0.319 e. The molecule has 6 heteroatoms. The molecule has 0 aliphatic carbocycles. The first-order valence-electron chi connectivity index (χ1n) is 5.78. The molecular weight excluding hydrogens is 234 g/mol. The van der Waals surface area contributed by atoms with E-state index < -0.39 is 0 Å². The van der Waals surface area contributed by atoms with Gasteiger partial charge < -0.3 is 25.8 Å². The van der Waals surface area contributed by atoms with E-state index >= 15 is 0 Å². The molecule has 1 aliphatic rings. The average molecular weight is 251 g/mol. The fourth-order valence-electron chi connectivity index (χ4n) is 1.80. The molecule has 1 aliphatic heterocycles. The molecule has 1 aromatic rings. The van der Waals surface area contributed by atoms with E-state index in [2.05, 4.69) is 10.6 Å². The van der Waals surface area contributed by atoms with E-state index in [-0.39, 0.29) is 12.1 Å². The van der Waals surface area contributed by atoms with Crippen LogP contribution in [0.5, 0.6) is 5.75 Å². The van der Waals surface area contributed by atoms with Crippen molar-refractivity contribution in [3.05, 3.63) is 18.2 Å². The summed E-state index contributed by atoms with van der Waals surface area (Å²) in [6, 6.07) is 4.88. The molecule has 0 saturated carbocycles. The van der Waals surface area contributed by atoms with Gasteiger partial charge in [-0.05, 0) is 18.6 Å².